The Morgan fingerprint density at radius 1 is 1.04 bits per heavy atom. The maximum Gasteiger partial charge on any atom is 0.272 e. The smallest absolute Gasteiger partial charge is 0.272 e. The average molecular weight is 382 g/mol. The minimum atomic E-state index is -0.966. The minimum Gasteiger partial charge on any atom is -0.340 e. The third-order valence-corrected chi connectivity index (χ3v) is 4.13. The average Bonchev–Trinajstić information content (AvgIpc) is 2.69. The van der Waals surface area contributed by atoms with E-state index in [4.69, 9.17) is 0 Å². The molecular weight excluding hydrogens is 362 g/mol. The van der Waals surface area contributed by atoms with Gasteiger partial charge in [0.05, 0.1) is 0 Å². The fourth-order valence-electron chi connectivity index (χ4n) is 2.76. The Morgan fingerprint density at radius 3 is 2.46 bits per heavy atom. The van der Waals surface area contributed by atoms with Crippen LogP contribution in [0.5, 0.6) is 0 Å². The highest BCUT2D eigenvalue weighted by Crippen LogP contribution is 2.19. The zero-order valence-electron chi connectivity index (χ0n) is 15.6. The SMILES string of the molecule is CCN(Cc1ccccc1)C(=O)c1cc(Nc2ccc(F)c(F)c2)nc(C)n1. The number of anilines is 2. The molecule has 0 bridgehead atoms. The minimum absolute atomic E-state index is 0.231. The molecule has 144 valence electrons. The molecule has 1 heterocycles. The van der Waals surface area contributed by atoms with Crippen LogP contribution in [0.1, 0.15) is 28.8 Å². The molecule has 3 aromatic rings. The summed E-state index contributed by atoms with van der Waals surface area (Å²) in [6.45, 7) is 4.55. The number of hydrogen-bond acceptors (Lipinski definition) is 4. The number of benzene rings is 2. The monoisotopic (exact) mass is 382 g/mol. The molecule has 0 atom stereocenters. The van der Waals surface area contributed by atoms with Gasteiger partial charge in [-0.15, -0.1) is 0 Å². The third kappa shape index (κ3) is 4.68. The third-order valence-electron chi connectivity index (χ3n) is 4.13. The second kappa shape index (κ2) is 8.56. The van der Waals surface area contributed by atoms with Crippen LogP contribution in [0, 0.1) is 18.6 Å². The summed E-state index contributed by atoms with van der Waals surface area (Å²) in [6.07, 6.45) is 0. The molecule has 0 fully saturated rings. The van der Waals surface area contributed by atoms with E-state index in [1.54, 1.807) is 11.8 Å². The van der Waals surface area contributed by atoms with E-state index < -0.39 is 11.6 Å². The summed E-state index contributed by atoms with van der Waals surface area (Å²) in [4.78, 5) is 23.1. The highest BCUT2D eigenvalue weighted by atomic mass is 19.2. The van der Waals surface area contributed by atoms with Gasteiger partial charge in [-0.3, -0.25) is 4.79 Å². The standard InChI is InChI=1S/C21H20F2N4O/c1-3-27(13-15-7-5-4-6-8-15)21(28)19-12-20(25-14(2)24-19)26-16-9-10-17(22)18(23)11-16/h4-12H,3,13H2,1-2H3,(H,24,25,26). The van der Waals surface area contributed by atoms with Crippen molar-refractivity contribution in [1.29, 1.82) is 0 Å². The molecule has 0 aliphatic rings. The van der Waals surface area contributed by atoms with Crippen molar-refractivity contribution in [1.82, 2.24) is 14.9 Å². The largest absolute Gasteiger partial charge is 0.340 e. The summed E-state index contributed by atoms with van der Waals surface area (Å²) < 4.78 is 26.5. The summed E-state index contributed by atoms with van der Waals surface area (Å²) in [6, 6.07) is 14.6. The van der Waals surface area contributed by atoms with Gasteiger partial charge in [0, 0.05) is 30.9 Å². The number of carbonyl (C=O) groups is 1. The Kier molecular flexibility index (Phi) is 5.93. The molecular formula is C21H20F2N4O. The Balaban J connectivity index is 1.82. The Labute approximate surface area is 162 Å². The van der Waals surface area contributed by atoms with Crippen molar-refractivity contribution in [3.8, 4) is 0 Å². The molecule has 0 aliphatic heterocycles. The number of hydrogen-bond donors (Lipinski definition) is 1. The predicted molar refractivity (Wildman–Crippen MR) is 103 cm³/mol. The molecule has 1 amide bonds. The van der Waals surface area contributed by atoms with E-state index in [-0.39, 0.29) is 11.6 Å². The maximum absolute atomic E-state index is 13.4. The van der Waals surface area contributed by atoms with Gasteiger partial charge < -0.3 is 10.2 Å². The number of amides is 1. The Hall–Kier alpha value is -3.35. The molecule has 0 radical (unpaired) electrons. The summed E-state index contributed by atoms with van der Waals surface area (Å²) in [5.41, 5.74) is 1.58. The van der Waals surface area contributed by atoms with Crippen molar-refractivity contribution in [3.05, 3.63) is 83.3 Å². The van der Waals surface area contributed by atoms with E-state index in [1.165, 1.54) is 12.1 Å². The molecule has 7 heteroatoms. The van der Waals surface area contributed by atoms with Crippen LogP contribution < -0.4 is 5.32 Å². The van der Waals surface area contributed by atoms with Crippen LogP contribution >= 0.6 is 0 Å². The van der Waals surface area contributed by atoms with Crippen LogP contribution in [0.4, 0.5) is 20.3 Å². The first-order valence-corrected chi connectivity index (χ1v) is 8.87. The van der Waals surface area contributed by atoms with Gasteiger partial charge in [0.15, 0.2) is 11.6 Å². The van der Waals surface area contributed by atoms with Gasteiger partial charge in [-0.05, 0) is 31.5 Å². The van der Waals surface area contributed by atoms with Crippen molar-refractivity contribution in [3.63, 3.8) is 0 Å². The lowest BCUT2D eigenvalue weighted by Gasteiger charge is -2.21. The highest BCUT2D eigenvalue weighted by molar-refractivity contribution is 5.93. The maximum atomic E-state index is 13.4. The van der Waals surface area contributed by atoms with Gasteiger partial charge in [0.25, 0.3) is 5.91 Å². The number of halogens is 2. The van der Waals surface area contributed by atoms with Gasteiger partial charge in [0.1, 0.15) is 17.3 Å². The summed E-state index contributed by atoms with van der Waals surface area (Å²) in [5.74, 6) is -1.40. The number of aromatic nitrogens is 2. The zero-order chi connectivity index (χ0) is 20.1. The molecule has 5 nitrogen and oxygen atoms in total. The number of nitrogens with one attached hydrogen (secondary N) is 1. The lowest BCUT2D eigenvalue weighted by Crippen LogP contribution is -2.31. The Morgan fingerprint density at radius 2 is 1.79 bits per heavy atom. The molecule has 3 rings (SSSR count). The summed E-state index contributed by atoms with van der Waals surface area (Å²) >= 11 is 0. The second-order valence-corrected chi connectivity index (χ2v) is 6.24. The fraction of sp³-hybridized carbons (Fsp3) is 0.190. The molecule has 2 aromatic carbocycles. The van der Waals surface area contributed by atoms with E-state index >= 15 is 0 Å². The fourth-order valence-corrected chi connectivity index (χ4v) is 2.76. The van der Waals surface area contributed by atoms with Crippen LogP contribution in [0.2, 0.25) is 0 Å². The normalized spacial score (nSPS) is 10.6. The van der Waals surface area contributed by atoms with Crippen LogP contribution in [0.15, 0.2) is 54.6 Å². The van der Waals surface area contributed by atoms with Gasteiger partial charge in [-0.25, -0.2) is 18.7 Å². The molecule has 0 unspecified atom stereocenters. The molecule has 28 heavy (non-hydrogen) atoms. The van der Waals surface area contributed by atoms with Crippen LogP contribution in [0.3, 0.4) is 0 Å². The number of rotatable bonds is 6. The summed E-state index contributed by atoms with van der Waals surface area (Å²) in [5, 5.41) is 2.89. The van der Waals surface area contributed by atoms with Crippen molar-refractivity contribution >= 4 is 17.4 Å². The van der Waals surface area contributed by atoms with Crippen LogP contribution in [0.25, 0.3) is 0 Å². The van der Waals surface area contributed by atoms with Gasteiger partial charge in [0.2, 0.25) is 0 Å². The molecule has 1 aromatic heterocycles. The van der Waals surface area contributed by atoms with E-state index in [0.29, 0.717) is 30.4 Å². The summed E-state index contributed by atoms with van der Waals surface area (Å²) in [7, 11) is 0. The zero-order valence-corrected chi connectivity index (χ0v) is 15.6. The Bertz CT molecular complexity index is 979. The first kappa shape index (κ1) is 19.4. The van der Waals surface area contributed by atoms with E-state index in [0.717, 1.165) is 17.7 Å². The number of nitrogens with zero attached hydrogens (tertiary/aromatic N) is 3. The predicted octanol–water partition coefficient (Wildman–Crippen LogP) is 4.47. The lowest BCUT2D eigenvalue weighted by atomic mass is 10.2. The molecule has 0 saturated carbocycles. The van der Waals surface area contributed by atoms with Crippen LogP contribution in [-0.2, 0) is 6.54 Å². The molecule has 1 N–H and O–H groups in total. The first-order valence-electron chi connectivity index (χ1n) is 8.87. The van der Waals surface area contributed by atoms with Gasteiger partial charge in [-0.2, -0.15) is 0 Å². The van der Waals surface area contributed by atoms with E-state index in [9.17, 15) is 13.6 Å². The van der Waals surface area contributed by atoms with Crippen molar-refractivity contribution in [2.45, 2.75) is 20.4 Å². The van der Waals surface area contributed by atoms with Crippen molar-refractivity contribution in [2.24, 2.45) is 0 Å². The second-order valence-electron chi connectivity index (χ2n) is 6.24. The molecule has 0 aliphatic carbocycles. The molecule has 0 spiro atoms. The lowest BCUT2D eigenvalue weighted by molar-refractivity contribution is 0.0746. The van der Waals surface area contributed by atoms with E-state index in [2.05, 4.69) is 15.3 Å². The highest BCUT2D eigenvalue weighted by Gasteiger charge is 2.18. The number of carbonyl (C=O) groups excluding carboxylic acids is 1. The quantitative estimate of drug-likeness (QED) is 0.683. The van der Waals surface area contributed by atoms with Crippen LogP contribution in [-0.4, -0.2) is 27.3 Å². The number of aryl methyl sites for hydroxylation is 1. The molecule has 0 saturated heterocycles. The first-order chi connectivity index (χ1) is 13.5. The topological polar surface area (TPSA) is 58.1 Å². The van der Waals surface area contributed by atoms with E-state index in [1.807, 2.05) is 37.3 Å². The van der Waals surface area contributed by atoms with Crippen molar-refractivity contribution in [2.75, 3.05) is 11.9 Å². The van der Waals surface area contributed by atoms with Gasteiger partial charge in [-0.1, -0.05) is 30.3 Å². The van der Waals surface area contributed by atoms with Gasteiger partial charge >= 0.3 is 0 Å². The van der Waals surface area contributed by atoms with Crippen molar-refractivity contribution < 1.29 is 13.6 Å².